The summed E-state index contributed by atoms with van der Waals surface area (Å²) in [4.78, 5) is 28.8. The molecule has 0 saturated carbocycles. The SMILES string of the molecule is COC(=O)N=C(N)c1cccc(CN(C)C(=O)Oc2ccc(-c3ccccc3S(N)(=O)=O)cc2)c1. The Morgan fingerprint density at radius 1 is 1.00 bits per heavy atom. The first-order chi connectivity index (χ1) is 16.6. The van der Waals surface area contributed by atoms with Gasteiger partial charge in [0.15, 0.2) is 0 Å². The number of amides is 2. The standard InChI is InChI=1S/C24H24N4O6S/c1-28(15-16-6-5-7-18(14-16)22(25)27-23(29)33-2)24(30)34-19-12-10-17(11-13-19)20-8-3-4-9-21(20)35(26,31)32/h3-14H,15H2,1-2H3,(H2,25,27,29)(H2,26,31,32). The predicted molar refractivity (Wildman–Crippen MR) is 130 cm³/mol. The van der Waals surface area contributed by atoms with Crippen LogP contribution in [0.15, 0.2) is 82.7 Å². The molecule has 0 aliphatic carbocycles. The van der Waals surface area contributed by atoms with E-state index in [0.29, 0.717) is 16.7 Å². The van der Waals surface area contributed by atoms with Crippen molar-refractivity contribution in [3.05, 3.63) is 83.9 Å². The number of hydrogen-bond donors (Lipinski definition) is 2. The summed E-state index contributed by atoms with van der Waals surface area (Å²) >= 11 is 0. The number of primary sulfonamides is 1. The molecular formula is C24H24N4O6S. The Morgan fingerprint density at radius 3 is 2.34 bits per heavy atom. The number of sulfonamides is 1. The van der Waals surface area contributed by atoms with Gasteiger partial charge in [-0.15, -0.1) is 0 Å². The summed E-state index contributed by atoms with van der Waals surface area (Å²) in [7, 11) is -1.13. The van der Waals surface area contributed by atoms with E-state index in [1.165, 1.54) is 18.1 Å². The van der Waals surface area contributed by atoms with Crippen LogP contribution in [0.25, 0.3) is 11.1 Å². The van der Waals surface area contributed by atoms with E-state index >= 15 is 0 Å². The lowest BCUT2D eigenvalue weighted by Gasteiger charge is -2.17. The van der Waals surface area contributed by atoms with Gasteiger partial charge < -0.3 is 20.1 Å². The Hall–Kier alpha value is -4.22. The monoisotopic (exact) mass is 496 g/mol. The van der Waals surface area contributed by atoms with Gasteiger partial charge in [-0.05, 0) is 35.4 Å². The number of aliphatic imine (C=N–C) groups is 1. The Labute approximate surface area is 202 Å². The smallest absolute Gasteiger partial charge is 0.435 e. The molecule has 0 atom stereocenters. The van der Waals surface area contributed by atoms with Gasteiger partial charge in [0.2, 0.25) is 10.0 Å². The van der Waals surface area contributed by atoms with E-state index < -0.39 is 22.2 Å². The van der Waals surface area contributed by atoms with Crippen molar-refractivity contribution in [2.24, 2.45) is 15.9 Å². The van der Waals surface area contributed by atoms with E-state index in [1.54, 1.807) is 73.8 Å². The molecule has 0 aliphatic heterocycles. The molecule has 3 aromatic rings. The van der Waals surface area contributed by atoms with Crippen LogP contribution in [0.1, 0.15) is 11.1 Å². The number of carbonyl (C=O) groups excluding carboxylic acids is 2. The van der Waals surface area contributed by atoms with Crippen molar-refractivity contribution < 1.29 is 27.5 Å². The summed E-state index contributed by atoms with van der Waals surface area (Å²) < 4.78 is 33.6. The lowest BCUT2D eigenvalue weighted by molar-refractivity contribution is 0.160. The molecule has 3 aromatic carbocycles. The van der Waals surface area contributed by atoms with E-state index in [4.69, 9.17) is 15.6 Å². The largest absolute Gasteiger partial charge is 0.451 e. The minimum atomic E-state index is -3.90. The number of nitrogens with two attached hydrogens (primary N) is 2. The van der Waals surface area contributed by atoms with Gasteiger partial charge in [-0.25, -0.2) is 23.1 Å². The highest BCUT2D eigenvalue weighted by Crippen LogP contribution is 2.28. The number of amidine groups is 1. The molecule has 0 spiro atoms. The molecule has 182 valence electrons. The van der Waals surface area contributed by atoms with Gasteiger partial charge in [-0.2, -0.15) is 4.99 Å². The number of carbonyl (C=O) groups is 2. The topological polar surface area (TPSA) is 154 Å². The van der Waals surface area contributed by atoms with E-state index in [1.807, 2.05) is 0 Å². The van der Waals surface area contributed by atoms with Crippen LogP contribution < -0.4 is 15.6 Å². The number of methoxy groups -OCH3 is 1. The lowest BCUT2D eigenvalue weighted by Crippen LogP contribution is -2.29. The highest BCUT2D eigenvalue weighted by atomic mass is 32.2. The fourth-order valence-corrected chi connectivity index (χ4v) is 3.97. The molecule has 2 amide bonds. The van der Waals surface area contributed by atoms with E-state index in [2.05, 4.69) is 9.73 Å². The third-order valence-electron chi connectivity index (χ3n) is 4.90. The quantitative estimate of drug-likeness (QED) is 0.392. The van der Waals surface area contributed by atoms with Crippen molar-refractivity contribution in [1.29, 1.82) is 0 Å². The molecule has 0 heterocycles. The zero-order chi connectivity index (χ0) is 25.6. The second-order valence-corrected chi connectivity index (χ2v) is 8.99. The van der Waals surface area contributed by atoms with E-state index in [-0.39, 0.29) is 23.0 Å². The molecule has 4 N–H and O–H groups in total. The molecule has 0 bridgehead atoms. The number of ether oxygens (including phenoxy) is 2. The van der Waals surface area contributed by atoms with Crippen LogP contribution in [-0.4, -0.2) is 45.5 Å². The predicted octanol–water partition coefficient (Wildman–Crippen LogP) is 3.10. The molecule has 0 aromatic heterocycles. The first kappa shape index (κ1) is 25.4. The first-order valence-electron chi connectivity index (χ1n) is 10.2. The molecule has 10 nitrogen and oxygen atoms in total. The summed E-state index contributed by atoms with van der Waals surface area (Å²) in [6.45, 7) is 0.206. The van der Waals surface area contributed by atoms with Crippen LogP contribution in [0.3, 0.4) is 0 Å². The second kappa shape index (κ2) is 10.8. The Kier molecular flexibility index (Phi) is 7.84. The van der Waals surface area contributed by atoms with Gasteiger partial charge in [0, 0.05) is 24.7 Å². The normalized spacial score (nSPS) is 11.6. The zero-order valence-electron chi connectivity index (χ0n) is 19.0. The fraction of sp³-hybridized carbons (Fsp3) is 0.125. The van der Waals surface area contributed by atoms with Gasteiger partial charge in [-0.3, -0.25) is 0 Å². The van der Waals surface area contributed by atoms with E-state index in [0.717, 1.165) is 5.56 Å². The molecule has 11 heteroatoms. The Balaban J connectivity index is 1.69. The van der Waals surface area contributed by atoms with Gasteiger partial charge in [0.25, 0.3) is 0 Å². The van der Waals surface area contributed by atoms with Crippen LogP contribution >= 0.6 is 0 Å². The van der Waals surface area contributed by atoms with Gasteiger partial charge in [-0.1, -0.05) is 48.5 Å². The molecule has 0 fully saturated rings. The molecule has 0 aliphatic rings. The number of hydrogen-bond acceptors (Lipinski definition) is 6. The minimum absolute atomic E-state index is 0.00368. The summed E-state index contributed by atoms with van der Waals surface area (Å²) in [5, 5.41) is 5.30. The van der Waals surface area contributed by atoms with Crippen molar-refractivity contribution in [3.63, 3.8) is 0 Å². The zero-order valence-corrected chi connectivity index (χ0v) is 19.9. The van der Waals surface area contributed by atoms with Crippen LogP contribution in [0.2, 0.25) is 0 Å². The maximum atomic E-state index is 12.6. The van der Waals surface area contributed by atoms with Crippen LogP contribution in [0, 0.1) is 0 Å². The summed E-state index contributed by atoms with van der Waals surface area (Å²) in [5.41, 5.74) is 8.11. The molecule has 35 heavy (non-hydrogen) atoms. The lowest BCUT2D eigenvalue weighted by atomic mass is 10.1. The Morgan fingerprint density at radius 2 is 1.69 bits per heavy atom. The van der Waals surface area contributed by atoms with Crippen molar-refractivity contribution in [2.75, 3.05) is 14.2 Å². The maximum Gasteiger partial charge on any atom is 0.435 e. The number of nitrogens with zero attached hydrogens (tertiary/aromatic N) is 2. The van der Waals surface area contributed by atoms with Gasteiger partial charge in [0.1, 0.15) is 11.6 Å². The maximum absolute atomic E-state index is 12.6. The van der Waals surface area contributed by atoms with E-state index in [9.17, 15) is 18.0 Å². The van der Waals surface area contributed by atoms with Crippen LogP contribution in [-0.2, 0) is 21.3 Å². The summed E-state index contributed by atoms with van der Waals surface area (Å²) in [6.07, 6.45) is -1.42. The second-order valence-electron chi connectivity index (χ2n) is 7.46. The highest BCUT2D eigenvalue weighted by molar-refractivity contribution is 7.89. The molecule has 0 radical (unpaired) electrons. The molecular weight excluding hydrogens is 472 g/mol. The number of rotatable bonds is 6. The molecule has 0 unspecified atom stereocenters. The minimum Gasteiger partial charge on any atom is -0.451 e. The third kappa shape index (κ3) is 6.65. The third-order valence-corrected chi connectivity index (χ3v) is 5.87. The number of benzene rings is 3. The van der Waals surface area contributed by atoms with Gasteiger partial charge >= 0.3 is 12.2 Å². The van der Waals surface area contributed by atoms with Gasteiger partial charge in [0.05, 0.1) is 12.0 Å². The van der Waals surface area contributed by atoms with Crippen LogP contribution in [0.4, 0.5) is 9.59 Å². The highest BCUT2D eigenvalue weighted by Gasteiger charge is 2.16. The average molecular weight is 497 g/mol. The molecule has 3 rings (SSSR count). The average Bonchev–Trinajstić information content (AvgIpc) is 2.84. The van der Waals surface area contributed by atoms with Crippen LogP contribution in [0.5, 0.6) is 5.75 Å². The van der Waals surface area contributed by atoms with Crippen molar-refractivity contribution in [2.45, 2.75) is 11.4 Å². The summed E-state index contributed by atoms with van der Waals surface area (Å²) in [5.74, 6) is 0.273. The first-order valence-corrected chi connectivity index (χ1v) is 11.8. The Bertz CT molecular complexity index is 1370. The van der Waals surface area contributed by atoms with Crippen molar-refractivity contribution in [3.8, 4) is 16.9 Å². The molecule has 0 saturated heterocycles. The van der Waals surface area contributed by atoms with Crippen molar-refractivity contribution in [1.82, 2.24) is 4.90 Å². The van der Waals surface area contributed by atoms with Crippen molar-refractivity contribution >= 4 is 28.0 Å². The fourth-order valence-electron chi connectivity index (χ4n) is 3.21. The summed E-state index contributed by atoms with van der Waals surface area (Å²) in [6, 6.07) is 19.7.